The fourth-order valence-electron chi connectivity index (χ4n) is 1.80. The van der Waals surface area contributed by atoms with Crippen LogP contribution in [-0.4, -0.2) is 5.97 Å². The van der Waals surface area contributed by atoms with Gasteiger partial charge in [0.05, 0.1) is 11.3 Å². The van der Waals surface area contributed by atoms with Crippen molar-refractivity contribution in [2.75, 3.05) is 5.48 Å². The first-order valence-electron chi connectivity index (χ1n) is 7.06. The van der Waals surface area contributed by atoms with Gasteiger partial charge < -0.3 is 4.84 Å². The Morgan fingerprint density at radius 1 is 1.19 bits per heavy atom. The Morgan fingerprint density at radius 3 is 2.57 bits per heavy atom. The molecule has 0 aromatic heterocycles. The van der Waals surface area contributed by atoms with Gasteiger partial charge in [-0.2, -0.15) is 13.2 Å². The Labute approximate surface area is 122 Å². The Hall–Kier alpha value is -1.72. The predicted octanol–water partition coefficient (Wildman–Crippen LogP) is 4.94. The molecule has 1 aromatic carbocycles. The molecule has 0 saturated carbocycles. The van der Waals surface area contributed by atoms with E-state index < -0.39 is 17.7 Å². The number of hydrogen-bond donors (Lipinski definition) is 1. The Kier molecular flexibility index (Phi) is 7.05. The summed E-state index contributed by atoms with van der Waals surface area (Å²) in [5.41, 5.74) is 1.57. The van der Waals surface area contributed by atoms with E-state index in [-0.39, 0.29) is 12.1 Å². The molecule has 0 aliphatic carbocycles. The summed E-state index contributed by atoms with van der Waals surface area (Å²) in [4.78, 5) is 16.2. The van der Waals surface area contributed by atoms with Crippen LogP contribution in [0.1, 0.15) is 51.0 Å². The van der Waals surface area contributed by atoms with Gasteiger partial charge in [0.15, 0.2) is 0 Å². The average molecular weight is 303 g/mol. The van der Waals surface area contributed by atoms with Gasteiger partial charge in [-0.3, -0.25) is 0 Å². The molecule has 0 bridgehead atoms. The maximum absolute atomic E-state index is 12.5. The van der Waals surface area contributed by atoms with Crippen molar-refractivity contribution in [3.8, 4) is 0 Å². The molecule has 0 amide bonds. The van der Waals surface area contributed by atoms with E-state index in [0.717, 1.165) is 44.2 Å². The summed E-state index contributed by atoms with van der Waals surface area (Å²) in [6.45, 7) is 2.10. The topological polar surface area (TPSA) is 38.3 Å². The lowest BCUT2D eigenvalue weighted by Crippen LogP contribution is -2.11. The average Bonchev–Trinajstić information content (AvgIpc) is 2.44. The van der Waals surface area contributed by atoms with E-state index in [2.05, 4.69) is 12.4 Å². The third-order valence-electron chi connectivity index (χ3n) is 2.96. The quantitative estimate of drug-likeness (QED) is 0.546. The molecule has 6 heteroatoms. The zero-order valence-corrected chi connectivity index (χ0v) is 12.0. The van der Waals surface area contributed by atoms with Crippen molar-refractivity contribution < 1.29 is 22.8 Å². The van der Waals surface area contributed by atoms with Crippen molar-refractivity contribution in [1.29, 1.82) is 0 Å². The number of halogens is 3. The summed E-state index contributed by atoms with van der Waals surface area (Å²) in [6, 6.07) is 4.52. The van der Waals surface area contributed by atoms with Crippen molar-refractivity contribution in [2.24, 2.45) is 0 Å². The second kappa shape index (κ2) is 8.54. The minimum atomic E-state index is -4.42. The monoisotopic (exact) mass is 303 g/mol. The number of anilines is 1. The first-order chi connectivity index (χ1) is 9.93. The Morgan fingerprint density at radius 2 is 1.90 bits per heavy atom. The summed E-state index contributed by atoms with van der Waals surface area (Å²) >= 11 is 0. The fraction of sp³-hybridized carbons (Fsp3) is 0.533. The van der Waals surface area contributed by atoms with Gasteiger partial charge in [-0.1, -0.05) is 38.7 Å². The molecule has 0 atom stereocenters. The van der Waals surface area contributed by atoms with Gasteiger partial charge in [0.1, 0.15) is 0 Å². The van der Waals surface area contributed by atoms with Gasteiger partial charge in [-0.15, -0.1) is 0 Å². The number of carbonyl (C=O) groups excluding carboxylic acids is 1. The first-order valence-corrected chi connectivity index (χ1v) is 7.06. The molecular formula is C15H20F3NO2. The third-order valence-corrected chi connectivity index (χ3v) is 2.96. The molecule has 0 fully saturated rings. The number of rotatable bonds is 8. The second-order valence-electron chi connectivity index (χ2n) is 4.82. The number of benzene rings is 1. The van der Waals surface area contributed by atoms with Gasteiger partial charge in [-0.25, -0.2) is 10.3 Å². The Bertz CT molecular complexity index is 447. The molecule has 0 unspecified atom stereocenters. The van der Waals surface area contributed by atoms with Gasteiger partial charge in [0.25, 0.3) is 0 Å². The van der Waals surface area contributed by atoms with E-state index in [1.54, 1.807) is 0 Å². The van der Waals surface area contributed by atoms with E-state index in [4.69, 9.17) is 4.84 Å². The lowest BCUT2D eigenvalue weighted by atomic mass is 10.1. The van der Waals surface area contributed by atoms with Crippen LogP contribution in [0.4, 0.5) is 18.9 Å². The molecule has 0 radical (unpaired) electrons. The number of unbranched alkanes of at least 4 members (excludes halogenated alkanes) is 4. The van der Waals surface area contributed by atoms with Crippen LogP contribution >= 0.6 is 0 Å². The summed E-state index contributed by atoms with van der Waals surface area (Å²) in [6.07, 6.45) is 0.857. The van der Waals surface area contributed by atoms with Gasteiger partial charge >= 0.3 is 12.1 Å². The maximum Gasteiger partial charge on any atom is 0.416 e. The van der Waals surface area contributed by atoms with Crippen LogP contribution in [0.25, 0.3) is 0 Å². The molecule has 1 aromatic rings. The van der Waals surface area contributed by atoms with Crippen LogP contribution in [0.3, 0.4) is 0 Å². The minimum Gasteiger partial charge on any atom is -0.343 e. The maximum atomic E-state index is 12.5. The highest BCUT2D eigenvalue weighted by Gasteiger charge is 2.30. The lowest BCUT2D eigenvalue weighted by Gasteiger charge is -2.10. The molecule has 0 heterocycles. The second-order valence-corrected chi connectivity index (χ2v) is 4.82. The molecule has 3 nitrogen and oxygen atoms in total. The molecule has 1 rings (SSSR count). The van der Waals surface area contributed by atoms with E-state index in [9.17, 15) is 18.0 Å². The van der Waals surface area contributed by atoms with Gasteiger partial charge in [0, 0.05) is 6.42 Å². The molecule has 0 saturated heterocycles. The molecule has 0 aliphatic heterocycles. The fourth-order valence-corrected chi connectivity index (χ4v) is 1.80. The van der Waals surface area contributed by atoms with E-state index in [1.807, 2.05) is 0 Å². The highest BCUT2D eigenvalue weighted by Crippen LogP contribution is 2.30. The molecule has 1 N–H and O–H groups in total. The highest BCUT2D eigenvalue weighted by molar-refractivity contribution is 5.70. The normalized spacial score (nSPS) is 11.2. The number of carbonyl (C=O) groups is 1. The number of hydrogen-bond acceptors (Lipinski definition) is 3. The summed E-state index contributed by atoms with van der Waals surface area (Å²) < 4.78 is 37.5. The third kappa shape index (κ3) is 7.02. The predicted molar refractivity (Wildman–Crippen MR) is 74.5 cm³/mol. The molecule has 0 aliphatic rings. The minimum absolute atomic E-state index is 0.101. The van der Waals surface area contributed by atoms with Gasteiger partial charge in [-0.05, 0) is 24.6 Å². The number of nitrogens with one attached hydrogen (secondary N) is 1. The standard InChI is InChI=1S/C15H20F3NO2/c1-2-3-4-5-6-10-14(20)21-19-13-9-7-8-12(11-13)15(16,17)18/h7-9,11,19H,2-6,10H2,1H3. The number of alkyl halides is 3. The van der Waals surface area contributed by atoms with Gasteiger partial charge in [0.2, 0.25) is 0 Å². The first kappa shape index (κ1) is 17.3. The van der Waals surface area contributed by atoms with Crippen LogP contribution in [0.2, 0.25) is 0 Å². The van der Waals surface area contributed by atoms with Crippen LogP contribution in [0, 0.1) is 0 Å². The van der Waals surface area contributed by atoms with Crippen molar-refractivity contribution in [3.63, 3.8) is 0 Å². The van der Waals surface area contributed by atoms with Crippen molar-refractivity contribution in [3.05, 3.63) is 29.8 Å². The summed E-state index contributed by atoms with van der Waals surface area (Å²) in [5, 5.41) is 0. The zero-order chi connectivity index (χ0) is 15.7. The van der Waals surface area contributed by atoms with Crippen molar-refractivity contribution in [2.45, 2.75) is 51.6 Å². The summed E-state index contributed by atoms with van der Waals surface area (Å²) in [7, 11) is 0. The lowest BCUT2D eigenvalue weighted by molar-refractivity contribution is -0.140. The van der Waals surface area contributed by atoms with Crippen LogP contribution in [0.5, 0.6) is 0 Å². The molecule has 21 heavy (non-hydrogen) atoms. The molecule has 118 valence electrons. The van der Waals surface area contributed by atoms with Crippen molar-refractivity contribution >= 4 is 11.7 Å². The highest BCUT2D eigenvalue weighted by atomic mass is 19.4. The van der Waals surface area contributed by atoms with Crippen molar-refractivity contribution in [1.82, 2.24) is 0 Å². The molecular weight excluding hydrogens is 283 g/mol. The smallest absolute Gasteiger partial charge is 0.343 e. The SMILES string of the molecule is CCCCCCCC(=O)ONc1cccc(C(F)(F)F)c1. The van der Waals surface area contributed by atoms with Crippen LogP contribution in [0.15, 0.2) is 24.3 Å². The van der Waals surface area contributed by atoms with E-state index >= 15 is 0 Å². The largest absolute Gasteiger partial charge is 0.416 e. The zero-order valence-electron chi connectivity index (χ0n) is 12.0. The summed E-state index contributed by atoms with van der Waals surface area (Å²) in [5.74, 6) is -0.469. The molecule has 0 spiro atoms. The van der Waals surface area contributed by atoms with E-state index in [0.29, 0.717) is 0 Å². The van der Waals surface area contributed by atoms with Crippen LogP contribution in [-0.2, 0) is 15.8 Å². The Balaban J connectivity index is 2.33. The van der Waals surface area contributed by atoms with E-state index in [1.165, 1.54) is 12.1 Å². The van der Waals surface area contributed by atoms with Crippen LogP contribution < -0.4 is 5.48 Å².